The van der Waals surface area contributed by atoms with E-state index in [2.05, 4.69) is 6.92 Å². The Morgan fingerprint density at radius 3 is 2.83 bits per heavy atom. The largest absolute Gasteiger partial charge is 0.490 e. The van der Waals surface area contributed by atoms with Gasteiger partial charge in [-0.15, -0.1) is 0 Å². The van der Waals surface area contributed by atoms with E-state index in [1.54, 1.807) is 0 Å². The second kappa shape index (κ2) is 3.05. The molecule has 0 saturated carbocycles. The van der Waals surface area contributed by atoms with E-state index >= 15 is 0 Å². The molecule has 1 aromatic rings. The molecule has 0 aromatic heterocycles. The van der Waals surface area contributed by atoms with E-state index in [1.807, 2.05) is 24.3 Å². The van der Waals surface area contributed by atoms with Gasteiger partial charge in [0.05, 0.1) is 12.7 Å². The summed E-state index contributed by atoms with van der Waals surface area (Å²) in [4.78, 5) is 0. The van der Waals surface area contributed by atoms with Gasteiger partial charge >= 0.3 is 0 Å². The molecule has 0 N–H and O–H groups in total. The van der Waals surface area contributed by atoms with Crippen molar-refractivity contribution >= 4 is 0 Å². The average molecular weight is 164 g/mol. The van der Waals surface area contributed by atoms with Crippen molar-refractivity contribution in [1.82, 2.24) is 0 Å². The number of ether oxygens (including phenoxy) is 2. The zero-order valence-corrected chi connectivity index (χ0v) is 7.12. The highest BCUT2D eigenvalue weighted by molar-refractivity contribution is 5.39. The van der Waals surface area contributed by atoms with Crippen LogP contribution in [0.15, 0.2) is 24.3 Å². The number of hydrogen-bond acceptors (Lipinski definition) is 2. The van der Waals surface area contributed by atoms with Crippen molar-refractivity contribution in [2.24, 2.45) is 0 Å². The Balaban J connectivity index is 2.31. The van der Waals surface area contributed by atoms with Crippen LogP contribution in [-0.4, -0.2) is 12.7 Å². The number of rotatable bonds is 0. The third-order valence-corrected chi connectivity index (χ3v) is 1.96. The van der Waals surface area contributed by atoms with Crippen LogP contribution in [0.5, 0.6) is 11.5 Å². The highest BCUT2D eigenvalue weighted by Crippen LogP contribution is 2.29. The molecule has 1 aliphatic rings. The van der Waals surface area contributed by atoms with Crippen LogP contribution >= 0.6 is 0 Å². The molecule has 0 radical (unpaired) electrons. The van der Waals surface area contributed by atoms with Gasteiger partial charge in [-0.1, -0.05) is 12.1 Å². The third-order valence-electron chi connectivity index (χ3n) is 1.96. The summed E-state index contributed by atoms with van der Waals surface area (Å²) >= 11 is 0. The van der Waals surface area contributed by atoms with Crippen molar-refractivity contribution in [3.63, 3.8) is 0 Å². The highest BCUT2D eigenvalue weighted by atomic mass is 16.5. The first-order valence-electron chi connectivity index (χ1n) is 4.25. The fourth-order valence-corrected chi connectivity index (χ4v) is 1.28. The van der Waals surface area contributed by atoms with E-state index in [-0.39, 0.29) is 6.10 Å². The number of benzene rings is 1. The van der Waals surface area contributed by atoms with Gasteiger partial charge in [0.25, 0.3) is 0 Å². The quantitative estimate of drug-likeness (QED) is 0.585. The lowest BCUT2D eigenvalue weighted by Crippen LogP contribution is -2.11. The summed E-state index contributed by atoms with van der Waals surface area (Å²) in [7, 11) is 0. The Bertz CT molecular complexity index is 270. The number of para-hydroxylation sites is 2. The first-order chi connectivity index (χ1) is 5.86. The minimum Gasteiger partial charge on any atom is -0.490 e. The molecule has 1 heterocycles. The van der Waals surface area contributed by atoms with Crippen LogP contribution in [0.25, 0.3) is 0 Å². The van der Waals surface area contributed by atoms with Gasteiger partial charge in [0.2, 0.25) is 0 Å². The molecule has 1 aromatic carbocycles. The number of hydrogen-bond donors (Lipinski definition) is 0. The van der Waals surface area contributed by atoms with Gasteiger partial charge in [-0.2, -0.15) is 0 Å². The molecule has 2 heteroatoms. The highest BCUT2D eigenvalue weighted by Gasteiger charge is 2.13. The molecular formula is C10H12O2. The van der Waals surface area contributed by atoms with Crippen LogP contribution in [0, 0.1) is 0 Å². The van der Waals surface area contributed by atoms with Gasteiger partial charge < -0.3 is 9.47 Å². The van der Waals surface area contributed by atoms with E-state index < -0.39 is 0 Å². The van der Waals surface area contributed by atoms with Crippen molar-refractivity contribution in [1.29, 1.82) is 0 Å². The Hall–Kier alpha value is -1.18. The standard InChI is InChI=1S/C10H12O2/c1-8-6-7-11-9-4-2-3-5-10(9)12-8/h2-5,8H,6-7H2,1H3. The molecule has 0 spiro atoms. The van der Waals surface area contributed by atoms with Gasteiger partial charge in [-0.25, -0.2) is 0 Å². The van der Waals surface area contributed by atoms with Crippen molar-refractivity contribution in [2.75, 3.05) is 6.61 Å². The molecule has 2 rings (SSSR count). The molecule has 1 unspecified atom stereocenters. The lowest BCUT2D eigenvalue weighted by molar-refractivity contribution is 0.210. The molecule has 1 aliphatic heterocycles. The van der Waals surface area contributed by atoms with E-state index in [1.165, 1.54) is 0 Å². The molecule has 12 heavy (non-hydrogen) atoms. The minimum absolute atomic E-state index is 0.258. The lowest BCUT2D eigenvalue weighted by atomic mass is 10.3. The molecule has 2 nitrogen and oxygen atoms in total. The van der Waals surface area contributed by atoms with E-state index in [9.17, 15) is 0 Å². The molecule has 0 amide bonds. The summed E-state index contributed by atoms with van der Waals surface area (Å²) in [5.74, 6) is 1.73. The first-order valence-corrected chi connectivity index (χ1v) is 4.25. The molecule has 0 fully saturated rings. The van der Waals surface area contributed by atoms with Crippen LogP contribution in [0.4, 0.5) is 0 Å². The van der Waals surface area contributed by atoms with Gasteiger partial charge in [0, 0.05) is 6.42 Å². The predicted octanol–water partition coefficient (Wildman–Crippen LogP) is 2.24. The lowest BCUT2D eigenvalue weighted by Gasteiger charge is -2.09. The molecule has 0 bridgehead atoms. The van der Waals surface area contributed by atoms with Crippen LogP contribution in [0.2, 0.25) is 0 Å². The van der Waals surface area contributed by atoms with Crippen LogP contribution in [-0.2, 0) is 0 Å². The third kappa shape index (κ3) is 1.37. The Morgan fingerprint density at radius 1 is 1.25 bits per heavy atom. The topological polar surface area (TPSA) is 18.5 Å². The molecule has 1 atom stereocenters. The Labute approximate surface area is 72.1 Å². The zero-order chi connectivity index (χ0) is 8.39. The molecule has 64 valence electrons. The SMILES string of the molecule is CC1CCOc2ccccc2O1. The summed E-state index contributed by atoms with van der Waals surface area (Å²) in [6, 6.07) is 7.79. The van der Waals surface area contributed by atoms with E-state index in [4.69, 9.17) is 9.47 Å². The van der Waals surface area contributed by atoms with Crippen molar-refractivity contribution < 1.29 is 9.47 Å². The summed E-state index contributed by atoms with van der Waals surface area (Å²) in [6.07, 6.45) is 1.21. The fraction of sp³-hybridized carbons (Fsp3) is 0.400. The van der Waals surface area contributed by atoms with Gasteiger partial charge in [-0.05, 0) is 19.1 Å². The summed E-state index contributed by atoms with van der Waals surface area (Å²) in [5, 5.41) is 0. The van der Waals surface area contributed by atoms with Crippen molar-refractivity contribution in [3.8, 4) is 11.5 Å². The van der Waals surface area contributed by atoms with Gasteiger partial charge in [0.1, 0.15) is 0 Å². The summed E-state index contributed by atoms with van der Waals surface area (Å²) < 4.78 is 11.1. The maximum absolute atomic E-state index is 5.63. The van der Waals surface area contributed by atoms with Gasteiger partial charge in [0.15, 0.2) is 11.5 Å². The summed E-state index contributed by atoms with van der Waals surface area (Å²) in [6.45, 7) is 2.81. The van der Waals surface area contributed by atoms with Crippen LogP contribution in [0.1, 0.15) is 13.3 Å². The smallest absolute Gasteiger partial charge is 0.161 e. The molecular weight excluding hydrogens is 152 g/mol. The Morgan fingerprint density at radius 2 is 2.00 bits per heavy atom. The normalized spacial score (nSPS) is 21.6. The fourth-order valence-electron chi connectivity index (χ4n) is 1.28. The van der Waals surface area contributed by atoms with Crippen LogP contribution < -0.4 is 9.47 Å². The monoisotopic (exact) mass is 164 g/mol. The molecule has 0 aliphatic carbocycles. The zero-order valence-electron chi connectivity index (χ0n) is 7.12. The second-order valence-corrected chi connectivity index (χ2v) is 3.01. The summed E-state index contributed by atoms with van der Waals surface area (Å²) in [5.41, 5.74) is 0. The average Bonchev–Trinajstić information content (AvgIpc) is 2.25. The molecule has 0 saturated heterocycles. The number of fused-ring (bicyclic) bond motifs is 1. The maximum Gasteiger partial charge on any atom is 0.161 e. The Kier molecular flexibility index (Phi) is 1.90. The predicted molar refractivity (Wildman–Crippen MR) is 46.6 cm³/mol. The van der Waals surface area contributed by atoms with Crippen LogP contribution in [0.3, 0.4) is 0 Å². The van der Waals surface area contributed by atoms with Gasteiger partial charge in [-0.3, -0.25) is 0 Å². The van der Waals surface area contributed by atoms with E-state index in [0.29, 0.717) is 0 Å². The maximum atomic E-state index is 5.63. The second-order valence-electron chi connectivity index (χ2n) is 3.01. The van der Waals surface area contributed by atoms with E-state index in [0.717, 1.165) is 24.5 Å². The van der Waals surface area contributed by atoms with Crippen molar-refractivity contribution in [2.45, 2.75) is 19.4 Å². The first kappa shape index (κ1) is 7.47. The minimum atomic E-state index is 0.258. The van der Waals surface area contributed by atoms with Crippen molar-refractivity contribution in [3.05, 3.63) is 24.3 Å².